The first-order valence-electron chi connectivity index (χ1n) is 10.0. The van der Waals surface area contributed by atoms with Crippen molar-refractivity contribution in [3.05, 3.63) is 101 Å². The van der Waals surface area contributed by atoms with Gasteiger partial charge in [0.1, 0.15) is 0 Å². The van der Waals surface area contributed by atoms with Crippen LogP contribution in [0, 0.1) is 0 Å². The second-order valence-corrected chi connectivity index (χ2v) is 7.41. The molecule has 0 radical (unpaired) electrons. The summed E-state index contributed by atoms with van der Waals surface area (Å²) >= 11 is 0. The average Bonchev–Trinajstić information content (AvgIpc) is 2.77. The lowest BCUT2D eigenvalue weighted by Gasteiger charge is -2.39. The number of nitrogens with zero attached hydrogens (tertiary/aromatic N) is 1. The Bertz CT molecular complexity index is 1060. The number of nitrogen functional groups attached to an aromatic ring is 1. The topological polar surface area (TPSA) is 72.6 Å². The first kappa shape index (κ1) is 19.7. The molecule has 0 unspecified atom stereocenters. The van der Waals surface area contributed by atoms with Gasteiger partial charge in [-0.1, -0.05) is 72.8 Å². The summed E-state index contributed by atoms with van der Waals surface area (Å²) in [7, 11) is 0. The molecule has 0 bridgehead atoms. The van der Waals surface area contributed by atoms with Gasteiger partial charge in [0.2, 0.25) is 6.10 Å². The van der Waals surface area contributed by atoms with E-state index >= 15 is 0 Å². The number of fused-ring (bicyclic) bond motifs is 1. The Morgan fingerprint density at radius 3 is 2.27 bits per heavy atom. The fourth-order valence-corrected chi connectivity index (χ4v) is 4.10. The molecule has 0 saturated carbocycles. The molecule has 1 aliphatic heterocycles. The highest BCUT2D eigenvalue weighted by Crippen LogP contribution is 2.39. The zero-order valence-electron chi connectivity index (χ0n) is 16.8. The molecular formula is C25H24N2O3. The molecule has 30 heavy (non-hydrogen) atoms. The summed E-state index contributed by atoms with van der Waals surface area (Å²) in [4.78, 5) is 27.3. The monoisotopic (exact) mass is 400 g/mol. The molecule has 0 aromatic heterocycles. The molecular weight excluding hydrogens is 376 g/mol. The van der Waals surface area contributed by atoms with E-state index in [2.05, 4.69) is 6.07 Å². The molecule has 0 spiro atoms. The summed E-state index contributed by atoms with van der Waals surface area (Å²) in [5.41, 5.74) is 10.7. The summed E-state index contributed by atoms with van der Waals surface area (Å²) in [6.07, 6.45) is -0.270. The van der Waals surface area contributed by atoms with Gasteiger partial charge in [0.25, 0.3) is 5.91 Å². The minimum atomic E-state index is -0.999. The Labute approximate surface area is 176 Å². The minimum Gasteiger partial charge on any atom is -0.447 e. The fourth-order valence-electron chi connectivity index (χ4n) is 4.10. The Balaban J connectivity index is 1.80. The van der Waals surface area contributed by atoms with Crippen LogP contribution in [0.3, 0.4) is 0 Å². The summed E-state index contributed by atoms with van der Waals surface area (Å²) in [5, 5.41) is 0. The van der Waals surface area contributed by atoms with Gasteiger partial charge in [0, 0.05) is 30.3 Å². The Morgan fingerprint density at radius 1 is 0.933 bits per heavy atom. The highest BCUT2D eigenvalue weighted by molar-refractivity contribution is 5.86. The zero-order chi connectivity index (χ0) is 21.1. The van der Waals surface area contributed by atoms with Crippen LogP contribution in [0.2, 0.25) is 0 Å². The molecule has 3 aromatic carbocycles. The van der Waals surface area contributed by atoms with Crippen LogP contribution in [0.15, 0.2) is 78.9 Å². The molecule has 1 heterocycles. The predicted octanol–water partition coefficient (Wildman–Crippen LogP) is 4.05. The van der Waals surface area contributed by atoms with Gasteiger partial charge in [-0.15, -0.1) is 0 Å². The van der Waals surface area contributed by atoms with Gasteiger partial charge < -0.3 is 15.4 Å². The lowest BCUT2D eigenvalue weighted by Crippen LogP contribution is -2.44. The number of carbonyl (C=O) groups excluding carboxylic acids is 2. The van der Waals surface area contributed by atoms with Crippen molar-refractivity contribution in [2.75, 3.05) is 12.3 Å². The van der Waals surface area contributed by atoms with E-state index in [1.165, 1.54) is 12.5 Å². The average molecular weight is 400 g/mol. The number of ether oxygens (including phenoxy) is 1. The largest absolute Gasteiger partial charge is 0.447 e. The van der Waals surface area contributed by atoms with E-state index in [-0.39, 0.29) is 11.9 Å². The van der Waals surface area contributed by atoms with Crippen LogP contribution in [-0.4, -0.2) is 23.3 Å². The number of nitrogens with two attached hydrogens (primary N) is 1. The van der Waals surface area contributed by atoms with Crippen molar-refractivity contribution < 1.29 is 14.3 Å². The van der Waals surface area contributed by atoms with Gasteiger partial charge in [0.05, 0.1) is 6.04 Å². The van der Waals surface area contributed by atoms with Crippen LogP contribution in [0.25, 0.3) is 0 Å². The first-order valence-corrected chi connectivity index (χ1v) is 10.0. The van der Waals surface area contributed by atoms with E-state index in [0.717, 1.165) is 17.5 Å². The number of hydrogen-bond acceptors (Lipinski definition) is 4. The number of amides is 1. The lowest BCUT2D eigenvalue weighted by molar-refractivity contribution is -0.160. The SMILES string of the molecule is CC(=O)O[C@@H](C(=O)N1CCc2ccccc2[C@@H]1c1ccccc1N)c1ccccc1. The van der Waals surface area contributed by atoms with E-state index in [9.17, 15) is 9.59 Å². The molecule has 4 rings (SSSR count). The summed E-state index contributed by atoms with van der Waals surface area (Å²) in [5.74, 6) is -0.746. The fraction of sp³-hybridized carbons (Fsp3) is 0.200. The normalized spacial score (nSPS) is 16.4. The molecule has 2 N–H and O–H groups in total. The maximum absolute atomic E-state index is 13.7. The molecule has 2 atom stereocenters. The van der Waals surface area contributed by atoms with Crippen molar-refractivity contribution in [1.82, 2.24) is 4.90 Å². The molecule has 1 aliphatic rings. The minimum absolute atomic E-state index is 0.251. The Kier molecular flexibility index (Phi) is 5.53. The number of hydrogen-bond donors (Lipinski definition) is 1. The molecule has 0 saturated heterocycles. The molecule has 5 nitrogen and oxygen atoms in total. The van der Waals surface area contributed by atoms with Crippen molar-refractivity contribution in [2.24, 2.45) is 0 Å². The highest BCUT2D eigenvalue weighted by atomic mass is 16.5. The van der Waals surface area contributed by atoms with Crippen molar-refractivity contribution in [3.63, 3.8) is 0 Å². The van der Waals surface area contributed by atoms with Gasteiger partial charge in [-0.05, 0) is 23.6 Å². The van der Waals surface area contributed by atoms with Crippen LogP contribution < -0.4 is 5.73 Å². The van der Waals surface area contributed by atoms with Gasteiger partial charge in [-0.2, -0.15) is 0 Å². The number of rotatable bonds is 4. The van der Waals surface area contributed by atoms with Gasteiger partial charge in [-0.3, -0.25) is 9.59 Å². The van der Waals surface area contributed by atoms with Crippen LogP contribution in [0.4, 0.5) is 5.69 Å². The van der Waals surface area contributed by atoms with Crippen molar-refractivity contribution >= 4 is 17.6 Å². The maximum atomic E-state index is 13.7. The second kappa shape index (κ2) is 8.41. The molecule has 0 aliphatic carbocycles. The third kappa shape index (κ3) is 3.79. The van der Waals surface area contributed by atoms with E-state index in [1.807, 2.05) is 60.7 Å². The molecule has 5 heteroatoms. The van der Waals surface area contributed by atoms with E-state index < -0.39 is 12.1 Å². The number of anilines is 1. The van der Waals surface area contributed by atoms with Gasteiger partial charge >= 0.3 is 5.97 Å². The number of esters is 1. The van der Waals surface area contributed by atoms with Crippen molar-refractivity contribution in [2.45, 2.75) is 25.5 Å². The van der Waals surface area contributed by atoms with Crippen LogP contribution >= 0.6 is 0 Å². The lowest BCUT2D eigenvalue weighted by atomic mass is 9.87. The third-order valence-electron chi connectivity index (χ3n) is 5.47. The second-order valence-electron chi connectivity index (χ2n) is 7.41. The molecule has 1 amide bonds. The number of benzene rings is 3. The molecule has 152 valence electrons. The summed E-state index contributed by atoms with van der Waals surface area (Å²) in [6.45, 7) is 1.83. The number of para-hydroxylation sites is 1. The van der Waals surface area contributed by atoms with Crippen molar-refractivity contribution in [1.29, 1.82) is 0 Å². The molecule has 3 aromatic rings. The zero-order valence-corrected chi connectivity index (χ0v) is 16.8. The predicted molar refractivity (Wildman–Crippen MR) is 116 cm³/mol. The summed E-state index contributed by atoms with van der Waals surface area (Å²) in [6, 6.07) is 24.5. The van der Waals surface area contributed by atoms with Crippen LogP contribution in [0.1, 0.15) is 41.3 Å². The summed E-state index contributed by atoms with van der Waals surface area (Å²) < 4.78 is 5.49. The standard InChI is InChI=1S/C25H24N2O3/c1-17(28)30-24(19-10-3-2-4-11-19)25(29)27-16-15-18-9-5-6-12-20(18)23(27)21-13-7-8-14-22(21)26/h2-14,23-24H,15-16,26H2,1H3/t23-,24-/m1/s1. The maximum Gasteiger partial charge on any atom is 0.303 e. The van der Waals surface area contributed by atoms with Crippen LogP contribution in [0.5, 0.6) is 0 Å². The highest BCUT2D eigenvalue weighted by Gasteiger charge is 2.37. The smallest absolute Gasteiger partial charge is 0.303 e. The third-order valence-corrected chi connectivity index (χ3v) is 5.47. The Morgan fingerprint density at radius 2 is 1.57 bits per heavy atom. The molecule has 0 fully saturated rings. The number of carbonyl (C=O) groups is 2. The van der Waals surface area contributed by atoms with Gasteiger partial charge in [-0.25, -0.2) is 0 Å². The van der Waals surface area contributed by atoms with E-state index in [0.29, 0.717) is 17.8 Å². The quantitative estimate of drug-likeness (QED) is 0.530. The van der Waals surface area contributed by atoms with E-state index in [4.69, 9.17) is 10.5 Å². The van der Waals surface area contributed by atoms with Crippen molar-refractivity contribution in [3.8, 4) is 0 Å². The van der Waals surface area contributed by atoms with Gasteiger partial charge in [0.15, 0.2) is 0 Å². The van der Waals surface area contributed by atoms with Crippen LogP contribution in [-0.2, 0) is 20.7 Å². The Hall–Kier alpha value is -3.60. The first-order chi connectivity index (χ1) is 14.6. The van der Waals surface area contributed by atoms with E-state index in [1.54, 1.807) is 17.0 Å².